The Morgan fingerprint density at radius 1 is 1.30 bits per heavy atom. The Morgan fingerprint density at radius 3 is 3.04 bits per heavy atom. The minimum absolute atomic E-state index is 0.0163. The van der Waals surface area contributed by atoms with Crippen molar-refractivity contribution in [3.8, 4) is 6.07 Å². The molecule has 0 bridgehead atoms. The van der Waals surface area contributed by atoms with Crippen LogP contribution in [0.25, 0.3) is 4.96 Å². The summed E-state index contributed by atoms with van der Waals surface area (Å²) in [5, 5.41) is 11.3. The van der Waals surface area contributed by atoms with Crippen LogP contribution in [0.2, 0.25) is 0 Å². The van der Waals surface area contributed by atoms with Gasteiger partial charge in [-0.3, -0.25) is 14.1 Å². The molecule has 138 valence electrons. The zero-order chi connectivity index (χ0) is 18.8. The third kappa shape index (κ3) is 3.56. The van der Waals surface area contributed by atoms with Crippen molar-refractivity contribution in [1.82, 2.24) is 19.3 Å². The van der Waals surface area contributed by atoms with E-state index < -0.39 is 0 Å². The first-order valence-corrected chi connectivity index (χ1v) is 9.83. The van der Waals surface area contributed by atoms with Crippen molar-refractivity contribution in [2.75, 3.05) is 31.1 Å². The fraction of sp³-hybridized carbons (Fsp3) is 0.368. The van der Waals surface area contributed by atoms with Crippen LogP contribution in [0, 0.1) is 18.3 Å². The summed E-state index contributed by atoms with van der Waals surface area (Å²) in [6.45, 7) is 6.00. The molecule has 3 aromatic rings. The van der Waals surface area contributed by atoms with E-state index in [4.69, 9.17) is 0 Å². The molecule has 0 amide bonds. The summed E-state index contributed by atoms with van der Waals surface area (Å²) in [7, 11) is 0. The number of nitrogens with zero attached hydrogens (tertiary/aromatic N) is 6. The molecule has 4 heterocycles. The predicted octanol–water partition coefficient (Wildman–Crippen LogP) is 2.04. The zero-order valence-corrected chi connectivity index (χ0v) is 15.9. The van der Waals surface area contributed by atoms with Crippen LogP contribution in [-0.2, 0) is 6.54 Å². The van der Waals surface area contributed by atoms with Gasteiger partial charge in [0.15, 0.2) is 4.96 Å². The molecule has 0 spiro atoms. The van der Waals surface area contributed by atoms with E-state index in [2.05, 4.69) is 25.8 Å². The Hall–Kier alpha value is -2.76. The first-order valence-electron chi connectivity index (χ1n) is 8.95. The van der Waals surface area contributed by atoms with Gasteiger partial charge in [-0.05, 0) is 25.5 Å². The van der Waals surface area contributed by atoms with E-state index in [-0.39, 0.29) is 5.56 Å². The predicted molar refractivity (Wildman–Crippen MR) is 105 cm³/mol. The lowest BCUT2D eigenvalue weighted by Crippen LogP contribution is -2.32. The lowest BCUT2D eigenvalue weighted by atomic mass is 10.2. The summed E-state index contributed by atoms with van der Waals surface area (Å²) in [5.74, 6) is 0.758. The first kappa shape index (κ1) is 17.6. The van der Waals surface area contributed by atoms with Crippen molar-refractivity contribution < 1.29 is 0 Å². The zero-order valence-electron chi connectivity index (χ0n) is 15.1. The number of anilines is 1. The molecule has 4 rings (SSSR count). The Labute approximate surface area is 161 Å². The maximum Gasteiger partial charge on any atom is 0.259 e. The standard InChI is InChI=1S/C19H20N6OS/c1-14-13-27-19-22-16(10-17(26)25(14)19)12-23-6-3-7-24(9-8-23)18-15(11-20)4-2-5-21-18/h2,4-5,10,13H,3,6-9,12H2,1H3. The van der Waals surface area contributed by atoms with Crippen LogP contribution in [0.3, 0.4) is 0 Å². The van der Waals surface area contributed by atoms with E-state index >= 15 is 0 Å². The second kappa shape index (κ2) is 7.47. The number of nitriles is 1. The van der Waals surface area contributed by atoms with Crippen LogP contribution < -0.4 is 10.5 Å². The van der Waals surface area contributed by atoms with Crippen LogP contribution in [0.15, 0.2) is 34.6 Å². The van der Waals surface area contributed by atoms with Gasteiger partial charge in [-0.2, -0.15) is 5.26 Å². The molecule has 0 aliphatic carbocycles. The third-order valence-corrected chi connectivity index (χ3v) is 5.75. The van der Waals surface area contributed by atoms with E-state index in [0.717, 1.165) is 54.8 Å². The van der Waals surface area contributed by atoms with Crippen LogP contribution in [0.5, 0.6) is 0 Å². The van der Waals surface area contributed by atoms with Gasteiger partial charge in [-0.15, -0.1) is 11.3 Å². The number of hydrogen-bond acceptors (Lipinski definition) is 7. The van der Waals surface area contributed by atoms with E-state index in [1.54, 1.807) is 28.8 Å². The van der Waals surface area contributed by atoms with Crippen molar-refractivity contribution >= 4 is 22.1 Å². The maximum atomic E-state index is 12.4. The minimum Gasteiger partial charge on any atom is -0.354 e. The van der Waals surface area contributed by atoms with Crippen LogP contribution in [0.4, 0.5) is 5.82 Å². The Morgan fingerprint density at radius 2 is 2.19 bits per heavy atom. The molecule has 0 saturated carbocycles. The van der Waals surface area contributed by atoms with Gasteiger partial charge < -0.3 is 4.90 Å². The number of fused-ring (bicyclic) bond motifs is 1. The van der Waals surface area contributed by atoms with Gasteiger partial charge in [0, 0.05) is 56.1 Å². The van der Waals surface area contributed by atoms with E-state index in [1.165, 1.54) is 11.3 Å². The quantitative estimate of drug-likeness (QED) is 0.692. The monoisotopic (exact) mass is 380 g/mol. The maximum absolute atomic E-state index is 12.4. The van der Waals surface area contributed by atoms with Gasteiger partial charge >= 0.3 is 0 Å². The first-order chi connectivity index (χ1) is 13.2. The lowest BCUT2D eigenvalue weighted by Gasteiger charge is -2.23. The summed E-state index contributed by atoms with van der Waals surface area (Å²) in [6.07, 6.45) is 2.70. The SMILES string of the molecule is Cc1csc2nc(CN3CCCN(c4ncccc4C#N)CC3)cc(=O)n12. The fourth-order valence-corrected chi connectivity index (χ4v) is 4.38. The summed E-state index contributed by atoms with van der Waals surface area (Å²) in [6, 6.07) is 7.46. The van der Waals surface area contributed by atoms with Crippen LogP contribution in [0.1, 0.15) is 23.4 Å². The van der Waals surface area contributed by atoms with Gasteiger partial charge in [0.1, 0.15) is 11.9 Å². The van der Waals surface area contributed by atoms with Gasteiger partial charge in [-0.1, -0.05) is 0 Å². The molecule has 0 radical (unpaired) electrons. The average molecular weight is 380 g/mol. The molecular formula is C19H20N6OS. The van der Waals surface area contributed by atoms with Crippen molar-refractivity contribution in [3.63, 3.8) is 0 Å². The number of rotatable bonds is 3. The highest BCUT2D eigenvalue weighted by atomic mass is 32.1. The van der Waals surface area contributed by atoms with Crippen molar-refractivity contribution in [1.29, 1.82) is 5.26 Å². The summed E-state index contributed by atoms with van der Waals surface area (Å²) in [5.41, 5.74) is 2.33. The van der Waals surface area contributed by atoms with Crippen molar-refractivity contribution in [3.05, 3.63) is 57.1 Å². The Bertz CT molecular complexity index is 1070. The Balaban J connectivity index is 1.49. The molecule has 1 saturated heterocycles. The molecule has 1 aliphatic rings. The molecule has 1 aliphatic heterocycles. The second-order valence-corrected chi connectivity index (χ2v) is 7.52. The number of pyridine rings is 1. The van der Waals surface area contributed by atoms with Crippen LogP contribution >= 0.6 is 11.3 Å². The van der Waals surface area contributed by atoms with Gasteiger partial charge in [0.05, 0.1) is 11.3 Å². The Kier molecular flexibility index (Phi) is 4.88. The highest BCUT2D eigenvalue weighted by molar-refractivity contribution is 7.15. The number of thiazole rings is 1. The van der Waals surface area contributed by atoms with E-state index in [0.29, 0.717) is 12.1 Å². The van der Waals surface area contributed by atoms with Gasteiger partial charge in [0.25, 0.3) is 5.56 Å². The molecular weight excluding hydrogens is 360 g/mol. The summed E-state index contributed by atoms with van der Waals surface area (Å²) >= 11 is 1.50. The highest BCUT2D eigenvalue weighted by Gasteiger charge is 2.19. The largest absolute Gasteiger partial charge is 0.354 e. The topological polar surface area (TPSA) is 77.5 Å². The van der Waals surface area contributed by atoms with Gasteiger partial charge in [0.2, 0.25) is 0 Å². The number of aromatic nitrogens is 3. The summed E-state index contributed by atoms with van der Waals surface area (Å²) in [4.78, 5) is 26.7. The molecule has 0 atom stereocenters. The smallest absolute Gasteiger partial charge is 0.259 e. The highest BCUT2D eigenvalue weighted by Crippen LogP contribution is 2.19. The molecule has 0 aromatic carbocycles. The van der Waals surface area contributed by atoms with E-state index in [9.17, 15) is 10.1 Å². The third-order valence-electron chi connectivity index (χ3n) is 4.81. The van der Waals surface area contributed by atoms with Gasteiger partial charge in [-0.25, -0.2) is 9.97 Å². The molecule has 7 nitrogen and oxygen atoms in total. The molecule has 0 unspecified atom stereocenters. The summed E-state index contributed by atoms with van der Waals surface area (Å²) < 4.78 is 1.66. The van der Waals surface area contributed by atoms with Crippen molar-refractivity contribution in [2.45, 2.75) is 19.9 Å². The number of aryl methyl sites for hydroxylation is 1. The molecule has 0 N–H and O–H groups in total. The molecule has 27 heavy (non-hydrogen) atoms. The second-order valence-electron chi connectivity index (χ2n) is 6.68. The molecule has 1 fully saturated rings. The fourth-order valence-electron chi connectivity index (χ4n) is 3.49. The van der Waals surface area contributed by atoms with Crippen LogP contribution in [-0.4, -0.2) is 45.4 Å². The minimum atomic E-state index is -0.0163. The molecule has 8 heteroatoms. The van der Waals surface area contributed by atoms with Crippen molar-refractivity contribution in [2.24, 2.45) is 0 Å². The van der Waals surface area contributed by atoms with E-state index in [1.807, 2.05) is 12.3 Å². The lowest BCUT2D eigenvalue weighted by molar-refractivity contribution is 0.282. The number of hydrogen-bond donors (Lipinski definition) is 0. The average Bonchev–Trinajstić information content (AvgIpc) is 2.90. The normalized spacial score (nSPS) is 15.6. The molecule has 3 aromatic heterocycles.